The van der Waals surface area contributed by atoms with Crippen molar-refractivity contribution in [1.82, 2.24) is 0 Å². The number of rotatable bonds is 6. The van der Waals surface area contributed by atoms with Gasteiger partial charge >= 0.3 is 0 Å². The van der Waals surface area contributed by atoms with E-state index in [0.29, 0.717) is 4.58 Å². The summed E-state index contributed by atoms with van der Waals surface area (Å²) in [7, 11) is 0. The van der Waals surface area contributed by atoms with E-state index in [1.54, 1.807) is 0 Å². The highest BCUT2D eigenvalue weighted by molar-refractivity contribution is 8.23. The molecule has 0 aliphatic carbocycles. The monoisotopic (exact) mass is 302 g/mol. The van der Waals surface area contributed by atoms with Crippen molar-refractivity contribution in [2.24, 2.45) is 0 Å². The average molecular weight is 303 g/mol. The van der Waals surface area contributed by atoms with Crippen LogP contribution in [0.3, 0.4) is 0 Å². The molecular formula is C8H14S6. The van der Waals surface area contributed by atoms with Gasteiger partial charge in [-0.3, -0.25) is 0 Å². The Morgan fingerprint density at radius 2 is 2.07 bits per heavy atom. The van der Waals surface area contributed by atoms with Crippen molar-refractivity contribution in [3.8, 4) is 0 Å². The maximum absolute atomic E-state index is 4.27. The van der Waals surface area contributed by atoms with Crippen molar-refractivity contribution in [1.29, 1.82) is 0 Å². The van der Waals surface area contributed by atoms with Gasteiger partial charge in [-0.1, -0.05) is 6.08 Å². The molecule has 1 rings (SSSR count). The third-order valence-corrected chi connectivity index (χ3v) is 7.28. The first-order chi connectivity index (χ1) is 6.86. The second-order valence-corrected chi connectivity index (χ2v) is 9.34. The number of thioether (sulfide) groups is 4. The second-order valence-electron chi connectivity index (χ2n) is 2.53. The van der Waals surface area contributed by atoms with Gasteiger partial charge in [-0.2, -0.15) is 25.3 Å². The molecule has 0 aromatic heterocycles. The first-order valence-corrected chi connectivity index (χ1v) is 9.59. The first kappa shape index (κ1) is 13.9. The molecule has 0 saturated carbocycles. The minimum absolute atomic E-state index is 0.654. The van der Waals surface area contributed by atoms with E-state index >= 15 is 0 Å². The average Bonchev–Trinajstić information content (AvgIpc) is 2.20. The maximum Gasteiger partial charge on any atom is 0.0565 e. The fourth-order valence-electron chi connectivity index (χ4n) is 1.02. The smallest absolute Gasteiger partial charge is 0.0565 e. The Balaban J connectivity index is 2.26. The largest absolute Gasteiger partial charge is 0.168 e. The molecular weight excluding hydrogens is 288 g/mol. The van der Waals surface area contributed by atoms with Gasteiger partial charge in [-0.05, 0) is 11.8 Å². The van der Waals surface area contributed by atoms with Gasteiger partial charge in [-0.25, -0.2) is 0 Å². The van der Waals surface area contributed by atoms with E-state index in [4.69, 9.17) is 0 Å². The highest BCUT2D eigenvalue weighted by Gasteiger charge is 2.18. The van der Waals surface area contributed by atoms with Crippen LogP contribution in [0.4, 0.5) is 0 Å². The normalized spacial score (nSPS) is 21.8. The quantitative estimate of drug-likeness (QED) is 0.555. The Morgan fingerprint density at radius 1 is 1.36 bits per heavy atom. The number of thiol groups is 2. The van der Waals surface area contributed by atoms with Crippen molar-refractivity contribution in [3.63, 3.8) is 0 Å². The van der Waals surface area contributed by atoms with Crippen molar-refractivity contribution < 1.29 is 0 Å². The molecule has 6 heteroatoms. The van der Waals surface area contributed by atoms with E-state index in [-0.39, 0.29) is 0 Å². The number of hydrogen-bond donors (Lipinski definition) is 2. The molecule has 0 nitrogen and oxygen atoms in total. The fraction of sp³-hybridized carbons (Fsp3) is 0.750. The molecule has 0 saturated heterocycles. The predicted molar refractivity (Wildman–Crippen MR) is 84.3 cm³/mol. The molecule has 0 bridgehead atoms. The molecule has 14 heavy (non-hydrogen) atoms. The van der Waals surface area contributed by atoms with Crippen LogP contribution in [0.5, 0.6) is 0 Å². The van der Waals surface area contributed by atoms with Gasteiger partial charge in [0, 0.05) is 15.9 Å². The lowest BCUT2D eigenvalue weighted by Gasteiger charge is -2.21. The van der Waals surface area contributed by atoms with Crippen molar-refractivity contribution in [2.45, 2.75) is 15.6 Å². The van der Waals surface area contributed by atoms with Gasteiger partial charge in [0.25, 0.3) is 0 Å². The zero-order valence-corrected chi connectivity index (χ0v) is 12.7. The summed E-state index contributed by atoms with van der Waals surface area (Å²) >= 11 is 16.4. The highest BCUT2D eigenvalue weighted by Crippen LogP contribution is 2.38. The van der Waals surface area contributed by atoms with Gasteiger partial charge in [0.05, 0.1) is 9.16 Å². The summed E-state index contributed by atoms with van der Waals surface area (Å²) in [4.78, 5) is 0. The van der Waals surface area contributed by atoms with Crippen molar-refractivity contribution in [3.05, 3.63) is 11.5 Å². The van der Waals surface area contributed by atoms with E-state index in [0.717, 1.165) is 14.8 Å². The lowest BCUT2D eigenvalue weighted by Crippen LogP contribution is -2.08. The third kappa shape index (κ3) is 5.80. The Labute approximate surface area is 114 Å². The Morgan fingerprint density at radius 3 is 2.57 bits per heavy atom. The molecule has 1 unspecified atom stereocenters. The van der Waals surface area contributed by atoms with E-state index in [1.165, 1.54) is 12.2 Å². The molecule has 82 valence electrons. The summed E-state index contributed by atoms with van der Waals surface area (Å²) in [6, 6.07) is 0. The zero-order valence-electron chi connectivity index (χ0n) is 7.67. The van der Waals surface area contributed by atoms with Crippen LogP contribution in [0, 0.1) is 0 Å². The second kappa shape index (κ2) is 8.93. The maximum atomic E-state index is 4.27. The van der Waals surface area contributed by atoms with Crippen LogP contribution in [-0.2, 0) is 0 Å². The summed E-state index contributed by atoms with van der Waals surface area (Å²) < 4.78 is 1.38. The van der Waals surface area contributed by atoms with Gasteiger partial charge in [0.15, 0.2) is 0 Å². The lowest BCUT2D eigenvalue weighted by atomic mass is 10.5. The van der Waals surface area contributed by atoms with Crippen LogP contribution in [0.1, 0.15) is 6.42 Å². The van der Waals surface area contributed by atoms with Gasteiger partial charge in [0.1, 0.15) is 0 Å². The van der Waals surface area contributed by atoms with Crippen LogP contribution in [0.25, 0.3) is 0 Å². The van der Waals surface area contributed by atoms with Gasteiger partial charge < -0.3 is 0 Å². The summed E-state index contributed by atoms with van der Waals surface area (Å²) in [5.41, 5.74) is 0. The molecule has 1 aliphatic rings. The summed E-state index contributed by atoms with van der Waals surface area (Å²) in [5, 5.41) is 4.04. The minimum atomic E-state index is 0.654. The molecule has 1 atom stereocenters. The zero-order chi connectivity index (χ0) is 10.2. The van der Waals surface area contributed by atoms with E-state index in [2.05, 4.69) is 36.7 Å². The van der Waals surface area contributed by atoms with Crippen molar-refractivity contribution >= 4 is 72.3 Å². The van der Waals surface area contributed by atoms with Crippen LogP contribution >= 0.6 is 72.3 Å². The molecule has 0 amide bonds. The van der Waals surface area contributed by atoms with Crippen LogP contribution in [-0.4, -0.2) is 25.1 Å². The Hall–Kier alpha value is 1.84. The van der Waals surface area contributed by atoms with Gasteiger partial charge in [0.2, 0.25) is 0 Å². The third-order valence-electron chi connectivity index (χ3n) is 1.61. The van der Waals surface area contributed by atoms with E-state index in [1.807, 2.05) is 47.0 Å². The molecule has 1 heterocycles. The molecule has 0 aromatic rings. The predicted octanol–water partition coefficient (Wildman–Crippen LogP) is 4.26. The van der Waals surface area contributed by atoms with Crippen molar-refractivity contribution in [2.75, 3.05) is 15.9 Å². The fourth-order valence-corrected chi connectivity index (χ4v) is 7.27. The summed E-state index contributed by atoms with van der Waals surface area (Å²) in [5.74, 6) is 1.17. The molecule has 0 radical (unpaired) electrons. The minimum Gasteiger partial charge on any atom is -0.168 e. The van der Waals surface area contributed by atoms with Crippen LogP contribution in [0.2, 0.25) is 0 Å². The molecule has 0 spiro atoms. The molecule has 0 N–H and O–H groups in total. The van der Waals surface area contributed by atoms with E-state index < -0.39 is 0 Å². The summed E-state index contributed by atoms with van der Waals surface area (Å²) in [6.45, 7) is 0. The van der Waals surface area contributed by atoms with Crippen LogP contribution in [0.15, 0.2) is 11.5 Å². The summed E-state index contributed by atoms with van der Waals surface area (Å²) in [6.07, 6.45) is 3.48. The lowest BCUT2D eigenvalue weighted by molar-refractivity contribution is 1.03. The Kier molecular flexibility index (Phi) is 8.87. The standard InChI is InChI=1S/C8H14S6/c9-5-13-8(14-6-10)4-7-11-2-1-3-12-7/h1-2,7-10H,3-6H2. The molecule has 1 aliphatic heterocycles. The molecule has 0 fully saturated rings. The van der Waals surface area contributed by atoms with Crippen LogP contribution < -0.4 is 0 Å². The SMILES string of the molecule is SCSC(CC1SC=CCS1)SCS. The Bertz CT molecular complexity index is 165. The van der Waals surface area contributed by atoms with E-state index in [9.17, 15) is 0 Å². The van der Waals surface area contributed by atoms with Gasteiger partial charge in [-0.15, -0.1) is 47.0 Å². The number of hydrogen-bond acceptors (Lipinski definition) is 6. The molecule has 0 aromatic carbocycles. The topological polar surface area (TPSA) is 0 Å². The first-order valence-electron chi connectivity index (χ1n) is 4.24. The highest BCUT2D eigenvalue weighted by atomic mass is 32.2.